The minimum atomic E-state index is -0.563. The van der Waals surface area contributed by atoms with Crippen molar-refractivity contribution in [2.24, 2.45) is 22.7 Å². The van der Waals surface area contributed by atoms with Crippen LogP contribution in [0.4, 0.5) is 0 Å². The molecule has 1 amide bonds. The van der Waals surface area contributed by atoms with E-state index >= 15 is 0 Å². The first kappa shape index (κ1) is 15.7. The van der Waals surface area contributed by atoms with Crippen LogP contribution in [-0.4, -0.2) is 61.0 Å². The van der Waals surface area contributed by atoms with Crippen LogP contribution in [0, 0.1) is 11.8 Å². The summed E-state index contributed by atoms with van der Waals surface area (Å²) in [6.07, 6.45) is 0. The molecule has 0 aromatic heterocycles. The zero-order valence-corrected chi connectivity index (χ0v) is 11.3. The van der Waals surface area contributed by atoms with Crippen molar-refractivity contribution in [2.45, 2.75) is 13.8 Å². The molecule has 0 rings (SSSR count). The second-order valence-corrected chi connectivity index (χ2v) is 4.81. The van der Waals surface area contributed by atoms with E-state index in [1.165, 1.54) is 0 Å². The van der Waals surface area contributed by atoms with E-state index in [0.717, 1.165) is 6.54 Å². The van der Waals surface area contributed by atoms with Gasteiger partial charge in [-0.3, -0.25) is 4.79 Å². The van der Waals surface area contributed by atoms with E-state index in [4.69, 9.17) is 10.9 Å². The van der Waals surface area contributed by atoms with Crippen molar-refractivity contribution < 1.29 is 10.0 Å². The number of oxime groups is 1. The lowest BCUT2D eigenvalue weighted by atomic mass is 9.93. The highest BCUT2D eigenvalue weighted by Gasteiger charge is 2.29. The fraction of sp³-hybridized carbons (Fsp3) is 0.818. The molecule has 0 aromatic carbocycles. The molecule has 0 saturated heterocycles. The summed E-state index contributed by atoms with van der Waals surface area (Å²) in [5.74, 6) is -0.703. The Kier molecular flexibility index (Phi) is 6.57. The highest BCUT2D eigenvalue weighted by atomic mass is 16.4. The standard InChI is InChI=1S/C11H24N4O2/c1-8(2)9(10(12)13-17)11(16)15(5)7-6-14(3)4/h8-9,17H,6-7H2,1-5H3,(H2,12,13). The van der Waals surface area contributed by atoms with Crippen molar-refractivity contribution in [3.05, 3.63) is 0 Å². The molecule has 0 saturated carbocycles. The number of amides is 1. The smallest absolute Gasteiger partial charge is 0.233 e. The summed E-state index contributed by atoms with van der Waals surface area (Å²) in [5.41, 5.74) is 5.55. The summed E-state index contributed by atoms with van der Waals surface area (Å²) >= 11 is 0. The average molecular weight is 244 g/mol. The molecule has 0 fully saturated rings. The Balaban J connectivity index is 4.62. The summed E-state index contributed by atoms with van der Waals surface area (Å²) < 4.78 is 0. The minimum absolute atomic E-state index is 0.000191. The van der Waals surface area contributed by atoms with Crippen LogP contribution in [-0.2, 0) is 4.79 Å². The molecule has 1 unspecified atom stereocenters. The molecule has 0 spiro atoms. The second-order valence-electron chi connectivity index (χ2n) is 4.81. The van der Waals surface area contributed by atoms with E-state index in [1.54, 1.807) is 11.9 Å². The molecule has 0 aromatic rings. The Morgan fingerprint density at radius 3 is 2.18 bits per heavy atom. The number of nitrogens with zero attached hydrogens (tertiary/aromatic N) is 3. The highest BCUT2D eigenvalue weighted by molar-refractivity contribution is 6.02. The van der Waals surface area contributed by atoms with Gasteiger partial charge in [0.2, 0.25) is 5.91 Å². The van der Waals surface area contributed by atoms with Gasteiger partial charge in [-0.25, -0.2) is 0 Å². The number of nitrogens with two attached hydrogens (primary N) is 1. The number of amidine groups is 1. The zero-order chi connectivity index (χ0) is 13.6. The summed E-state index contributed by atoms with van der Waals surface area (Å²) in [4.78, 5) is 15.7. The van der Waals surface area contributed by atoms with Gasteiger partial charge in [-0.15, -0.1) is 0 Å². The number of rotatable bonds is 6. The van der Waals surface area contributed by atoms with Crippen LogP contribution < -0.4 is 5.73 Å². The van der Waals surface area contributed by atoms with Crippen LogP contribution >= 0.6 is 0 Å². The maximum absolute atomic E-state index is 12.1. The van der Waals surface area contributed by atoms with Gasteiger partial charge < -0.3 is 20.7 Å². The van der Waals surface area contributed by atoms with E-state index < -0.39 is 5.92 Å². The number of carbonyl (C=O) groups is 1. The minimum Gasteiger partial charge on any atom is -0.409 e. The van der Waals surface area contributed by atoms with Crippen LogP contribution in [0.3, 0.4) is 0 Å². The Bertz CT molecular complexity index is 277. The third-order valence-electron chi connectivity index (χ3n) is 2.63. The van der Waals surface area contributed by atoms with Crippen molar-refractivity contribution in [3.63, 3.8) is 0 Å². The topological polar surface area (TPSA) is 82.2 Å². The van der Waals surface area contributed by atoms with Gasteiger partial charge in [0.25, 0.3) is 0 Å². The SMILES string of the molecule is CC(C)C(C(=O)N(C)CCN(C)C)C(N)=NO. The van der Waals surface area contributed by atoms with E-state index in [9.17, 15) is 4.79 Å². The molecule has 6 heteroatoms. The second kappa shape index (κ2) is 7.11. The van der Waals surface area contributed by atoms with E-state index in [2.05, 4.69) is 5.16 Å². The molecular weight excluding hydrogens is 220 g/mol. The number of likely N-dealkylation sites (N-methyl/N-ethyl adjacent to an activating group) is 2. The largest absolute Gasteiger partial charge is 0.409 e. The molecule has 6 nitrogen and oxygen atoms in total. The van der Waals surface area contributed by atoms with Gasteiger partial charge in [-0.2, -0.15) is 0 Å². The molecule has 100 valence electrons. The van der Waals surface area contributed by atoms with E-state index in [-0.39, 0.29) is 17.7 Å². The van der Waals surface area contributed by atoms with Crippen molar-refractivity contribution in [1.29, 1.82) is 0 Å². The highest BCUT2D eigenvalue weighted by Crippen LogP contribution is 2.14. The van der Waals surface area contributed by atoms with Gasteiger partial charge in [0, 0.05) is 20.1 Å². The lowest BCUT2D eigenvalue weighted by Crippen LogP contribution is -2.44. The van der Waals surface area contributed by atoms with Crippen LogP contribution in [0.15, 0.2) is 5.16 Å². The molecule has 17 heavy (non-hydrogen) atoms. The first-order valence-electron chi connectivity index (χ1n) is 5.68. The van der Waals surface area contributed by atoms with Crippen molar-refractivity contribution in [2.75, 3.05) is 34.2 Å². The Hall–Kier alpha value is -1.30. The maximum Gasteiger partial charge on any atom is 0.233 e. The average Bonchev–Trinajstić information content (AvgIpc) is 2.24. The van der Waals surface area contributed by atoms with Gasteiger partial charge in [0.1, 0.15) is 5.92 Å². The molecule has 1 atom stereocenters. The first-order chi connectivity index (χ1) is 7.81. The van der Waals surface area contributed by atoms with Gasteiger partial charge >= 0.3 is 0 Å². The number of hydrogen-bond acceptors (Lipinski definition) is 4. The molecular formula is C11H24N4O2. The molecule has 0 bridgehead atoms. The molecule has 0 aliphatic rings. The normalized spacial score (nSPS) is 14.2. The molecule has 3 N–H and O–H groups in total. The van der Waals surface area contributed by atoms with Crippen molar-refractivity contribution in [3.8, 4) is 0 Å². The van der Waals surface area contributed by atoms with Crippen LogP contribution in [0.5, 0.6) is 0 Å². The fourth-order valence-corrected chi connectivity index (χ4v) is 1.51. The predicted molar refractivity (Wildman–Crippen MR) is 67.9 cm³/mol. The third-order valence-corrected chi connectivity index (χ3v) is 2.63. The Morgan fingerprint density at radius 1 is 1.29 bits per heavy atom. The van der Waals surface area contributed by atoms with Gasteiger partial charge in [-0.1, -0.05) is 19.0 Å². The fourth-order valence-electron chi connectivity index (χ4n) is 1.51. The van der Waals surface area contributed by atoms with Crippen LogP contribution in [0.1, 0.15) is 13.8 Å². The third kappa shape index (κ3) is 5.04. The first-order valence-corrected chi connectivity index (χ1v) is 5.68. The summed E-state index contributed by atoms with van der Waals surface area (Å²) in [6.45, 7) is 5.15. The lowest BCUT2D eigenvalue weighted by Gasteiger charge is -2.26. The van der Waals surface area contributed by atoms with Gasteiger partial charge in [-0.05, 0) is 20.0 Å². The molecule has 0 heterocycles. The summed E-state index contributed by atoms with van der Waals surface area (Å²) in [7, 11) is 5.62. The van der Waals surface area contributed by atoms with Crippen molar-refractivity contribution in [1.82, 2.24) is 9.80 Å². The van der Waals surface area contributed by atoms with Crippen LogP contribution in [0.25, 0.3) is 0 Å². The number of carbonyl (C=O) groups excluding carboxylic acids is 1. The zero-order valence-electron chi connectivity index (χ0n) is 11.3. The molecule has 0 aliphatic carbocycles. The number of hydrogen-bond donors (Lipinski definition) is 2. The molecule has 0 aliphatic heterocycles. The van der Waals surface area contributed by atoms with E-state index in [1.807, 2.05) is 32.8 Å². The van der Waals surface area contributed by atoms with E-state index in [0.29, 0.717) is 6.54 Å². The van der Waals surface area contributed by atoms with Gasteiger partial charge in [0.05, 0.1) is 0 Å². The monoisotopic (exact) mass is 244 g/mol. The Labute approximate surface area is 103 Å². The summed E-state index contributed by atoms with van der Waals surface area (Å²) in [6, 6.07) is 0. The lowest BCUT2D eigenvalue weighted by molar-refractivity contribution is -0.133. The summed E-state index contributed by atoms with van der Waals surface area (Å²) in [5, 5.41) is 11.6. The predicted octanol–water partition coefficient (Wildman–Crippen LogP) is 0.0250. The quantitative estimate of drug-likeness (QED) is 0.299. The van der Waals surface area contributed by atoms with Gasteiger partial charge in [0.15, 0.2) is 5.84 Å². The Morgan fingerprint density at radius 2 is 1.82 bits per heavy atom. The van der Waals surface area contributed by atoms with Crippen LogP contribution in [0.2, 0.25) is 0 Å². The van der Waals surface area contributed by atoms with Crippen molar-refractivity contribution >= 4 is 11.7 Å². The molecule has 0 radical (unpaired) electrons. The maximum atomic E-state index is 12.1.